The second kappa shape index (κ2) is 13.9. The number of esters is 4. The fourth-order valence-corrected chi connectivity index (χ4v) is 8.86. The van der Waals surface area contributed by atoms with Crippen molar-refractivity contribution in [1.29, 1.82) is 0 Å². The van der Waals surface area contributed by atoms with Crippen molar-refractivity contribution in [2.75, 3.05) is 13.2 Å². The molecule has 0 aromatic heterocycles. The highest BCUT2D eigenvalue weighted by Crippen LogP contribution is 2.54. The van der Waals surface area contributed by atoms with Crippen LogP contribution in [0.15, 0.2) is 12.1 Å². The van der Waals surface area contributed by atoms with E-state index in [-0.39, 0.29) is 43.3 Å². The van der Waals surface area contributed by atoms with Gasteiger partial charge in [-0.1, -0.05) is 69.6 Å². The molecular weight excluding hydrogens is 725 g/mol. The Morgan fingerprint density at radius 1 is 0.565 bits per heavy atom. The lowest BCUT2D eigenvalue weighted by Gasteiger charge is -2.24. The molecule has 246 valence electrons. The van der Waals surface area contributed by atoms with Crippen molar-refractivity contribution in [2.24, 2.45) is 35.5 Å². The third-order valence-electron chi connectivity index (χ3n) is 9.81. The van der Waals surface area contributed by atoms with Gasteiger partial charge >= 0.3 is 23.9 Å². The highest BCUT2D eigenvalue weighted by Gasteiger charge is 2.44. The zero-order valence-corrected chi connectivity index (χ0v) is 28.8. The minimum absolute atomic E-state index is 0.103. The maximum atomic E-state index is 13.1. The molecule has 14 heteroatoms. The average Bonchev–Trinajstić information content (AvgIpc) is 3.75. The summed E-state index contributed by atoms with van der Waals surface area (Å²) in [6, 6.07) is 2.28. The Morgan fingerprint density at radius 3 is 1.26 bits per heavy atom. The molecule has 0 saturated heterocycles. The Balaban J connectivity index is 1.14. The van der Waals surface area contributed by atoms with Gasteiger partial charge in [-0.25, -0.2) is 19.2 Å². The first kappa shape index (κ1) is 33.9. The molecule has 2 aromatic carbocycles. The molecule has 46 heavy (non-hydrogen) atoms. The second-order valence-corrected chi connectivity index (χ2v) is 14.9. The lowest BCUT2D eigenvalue weighted by atomic mass is 9.82. The van der Waals surface area contributed by atoms with E-state index in [1.165, 1.54) is 25.7 Å². The van der Waals surface area contributed by atoms with Gasteiger partial charge in [0.05, 0.1) is 43.3 Å². The summed E-state index contributed by atoms with van der Waals surface area (Å²) in [5.41, 5.74) is -0.875. The van der Waals surface area contributed by atoms with Crippen LogP contribution in [0.3, 0.4) is 0 Å². The first-order chi connectivity index (χ1) is 21.9. The number of hydrogen-bond acceptors (Lipinski definition) is 8. The molecule has 6 aliphatic rings. The predicted molar refractivity (Wildman–Crippen MR) is 173 cm³/mol. The number of halogens is 6. The van der Waals surface area contributed by atoms with E-state index in [1.54, 1.807) is 0 Å². The molecule has 2 atom stereocenters. The maximum absolute atomic E-state index is 13.1. The smallest absolute Gasteiger partial charge is 0.423 e. The summed E-state index contributed by atoms with van der Waals surface area (Å²) in [6.07, 6.45) is 8.42. The first-order valence-corrected chi connectivity index (χ1v) is 17.3. The summed E-state index contributed by atoms with van der Waals surface area (Å²) in [7, 11) is 0. The highest BCUT2D eigenvalue weighted by atomic mass is 35.5. The van der Waals surface area contributed by atoms with Gasteiger partial charge in [-0.15, -0.1) is 0 Å². The monoisotopic (exact) mass is 750 g/mol. The molecule has 0 aliphatic heterocycles. The van der Waals surface area contributed by atoms with E-state index in [9.17, 15) is 19.2 Å². The van der Waals surface area contributed by atoms with E-state index in [1.807, 2.05) is 0 Å². The quantitative estimate of drug-likeness (QED) is 0.102. The van der Waals surface area contributed by atoms with Gasteiger partial charge in [-0.05, 0) is 99.0 Å². The maximum Gasteiger partial charge on any atom is 0.423 e. The van der Waals surface area contributed by atoms with Gasteiger partial charge in [0.2, 0.25) is 0 Å². The summed E-state index contributed by atoms with van der Waals surface area (Å²) >= 11 is 37.4. The zero-order valence-electron chi connectivity index (χ0n) is 24.2. The number of carbonyl (C=O) groups excluding carboxylic acids is 4. The van der Waals surface area contributed by atoms with E-state index in [2.05, 4.69) is 0 Å². The average molecular weight is 753 g/mol. The van der Waals surface area contributed by atoms with Crippen molar-refractivity contribution in [3.05, 3.63) is 53.4 Å². The molecule has 2 unspecified atom stereocenters. The summed E-state index contributed by atoms with van der Waals surface area (Å²) in [5.74, 6) is -2.46. The lowest BCUT2D eigenvalue weighted by molar-refractivity contribution is -0.156. The van der Waals surface area contributed by atoms with Crippen LogP contribution in [0.4, 0.5) is 0 Å². The molecule has 0 amide bonds. The third kappa shape index (κ3) is 6.81. The van der Waals surface area contributed by atoms with Crippen molar-refractivity contribution < 1.29 is 38.1 Å². The third-order valence-corrected chi connectivity index (χ3v) is 11.9. The number of ether oxygens (including phenoxy) is 4. The summed E-state index contributed by atoms with van der Waals surface area (Å²) in [4.78, 5) is 52.1. The van der Waals surface area contributed by atoms with Crippen molar-refractivity contribution in [2.45, 2.75) is 51.4 Å². The van der Waals surface area contributed by atoms with Gasteiger partial charge in [-0.2, -0.15) is 0 Å². The summed E-state index contributed by atoms with van der Waals surface area (Å²) < 4.78 is 21.3. The predicted octanol–water partition coefficient (Wildman–Crippen LogP) is 9.30. The molecule has 0 radical (unpaired) electrons. The summed E-state index contributed by atoms with van der Waals surface area (Å²) in [5, 5.41) is -1.38. The molecular formula is C32H28Cl6O8. The van der Waals surface area contributed by atoms with Crippen molar-refractivity contribution in [1.82, 2.24) is 0 Å². The van der Waals surface area contributed by atoms with Gasteiger partial charge in [0.1, 0.15) is 11.1 Å². The number of carbonyl (C=O) groups is 4. The molecule has 0 spiro atoms. The molecule has 0 heterocycles. The van der Waals surface area contributed by atoms with Crippen LogP contribution < -0.4 is 9.47 Å². The van der Waals surface area contributed by atoms with Gasteiger partial charge in [0.15, 0.2) is 11.5 Å². The minimum Gasteiger partial charge on any atom is -0.462 e. The number of rotatable bonds is 10. The Hall–Kier alpha value is -1.94. The molecule has 0 N–H and O–H groups in total. The molecule has 8 nitrogen and oxygen atoms in total. The van der Waals surface area contributed by atoms with Crippen LogP contribution in [0.25, 0.3) is 0 Å². The van der Waals surface area contributed by atoms with Crippen molar-refractivity contribution in [3.8, 4) is 11.5 Å². The zero-order chi connectivity index (χ0) is 32.9. The molecule has 6 aliphatic carbocycles. The molecule has 4 bridgehead atoms. The van der Waals surface area contributed by atoms with Crippen LogP contribution >= 0.6 is 69.6 Å². The fraction of sp³-hybridized carbons (Fsp3) is 0.500. The number of benzene rings is 2. The van der Waals surface area contributed by atoms with E-state index < -0.39 is 46.5 Å². The van der Waals surface area contributed by atoms with Crippen molar-refractivity contribution in [3.63, 3.8) is 0 Å². The Kier molecular flexibility index (Phi) is 10.2. The van der Waals surface area contributed by atoms with Crippen LogP contribution in [-0.4, -0.2) is 37.1 Å². The molecule has 6 fully saturated rings. The fourth-order valence-electron chi connectivity index (χ4n) is 7.42. The van der Waals surface area contributed by atoms with Gasteiger partial charge < -0.3 is 18.9 Å². The summed E-state index contributed by atoms with van der Waals surface area (Å²) in [6.45, 7) is 0.220. The first-order valence-electron chi connectivity index (χ1n) is 15.0. The lowest BCUT2D eigenvalue weighted by Crippen LogP contribution is -2.27. The Bertz CT molecular complexity index is 1480. The van der Waals surface area contributed by atoms with E-state index in [0.29, 0.717) is 36.5 Å². The SMILES string of the molecule is O=C(Oc1c(Cl)cc(Cl)c(Cl)c1C(=O)OCCC1CC2CC1C2)C(=O)Oc1c(Cl)cc(Cl)c(Cl)c1C(=O)OCCC1CC2CC1C2. The van der Waals surface area contributed by atoms with Gasteiger partial charge in [-0.3, -0.25) is 0 Å². The molecule has 2 aromatic rings. The van der Waals surface area contributed by atoms with Gasteiger partial charge in [0.25, 0.3) is 0 Å². The Morgan fingerprint density at radius 2 is 0.935 bits per heavy atom. The second-order valence-electron chi connectivity index (χ2n) is 12.5. The topological polar surface area (TPSA) is 105 Å². The van der Waals surface area contributed by atoms with Crippen LogP contribution in [-0.2, 0) is 19.1 Å². The molecule has 8 rings (SSSR count). The normalized spacial score (nSPS) is 25.3. The molecule has 6 saturated carbocycles. The minimum atomic E-state index is -1.62. The van der Waals surface area contributed by atoms with Crippen LogP contribution in [0, 0.1) is 35.5 Å². The van der Waals surface area contributed by atoms with E-state index >= 15 is 0 Å². The highest BCUT2D eigenvalue weighted by molar-refractivity contribution is 6.47. The standard InChI is InChI=1S/C32H28Cl6O8/c33-19-11-21(35)27(23(25(19)37)29(39)43-3-1-15-5-13-7-17(15)8-13)45-31(41)32(42)46-28-22(36)12-20(34)26(38)24(28)30(40)44-4-2-16-6-14-9-18(16)10-14/h11-18H,1-10H2. The van der Waals surface area contributed by atoms with Crippen molar-refractivity contribution >= 4 is 93.5 Å². The van der Waals surface area contributed by atoms with Crippen LogP contribution in [0.5, 0.6) is 11.5 Å². The van der Waals surface area contributed by atoms with E-state index in [4.69, 9.17) is 88.6 Å². The Labute approximate surface area is 295 Å². The number of fused-ring (bicyclic) bond motifs is 2. The largest absolute Gasteiger partial charge is 0.462 e. The van der Waals surface area contributed by atoms with Crippen LogP contribution in [0.2, 0.25) is 30.1 Å². The van der Waals surface area contributed by atoms with E-state index in [0.717, 1.165) is 36.8 Å². The van der Waals surface area contributed by atoms with Crippen LogP contribution in [0.1, 0.15) is 72.1 Å². The van der Waals surface area contributed by atoms with Gasteiger partial charge in [0, 0.05) is 0 Å². The number of hydrogen-bond donors (Lipinski definition) is 0.